The molecule has 0 amide bonds. The normalized spacial score (nSPS) is 15.8. The van der Waals surface area contributed by atoms with Gasteiger partial charge in [-0.2, -0.15) is 0 Å². The Morgan fingerprint density at radius 1 is 0.625 bits per heavy atom. The monoisotopic (exact) mass is 391 g/mol. The molecule has 1 nitrogen and oxygen atoms in total. The first-order valence-corrected chi connectivity index (χ1v) is 21.8. The summed E-state index contributed by atoms with van der Waals surface area (Å²) in [5, 5.41) is 0. The molecule has 0 aliphatic heterocycles. The predicted molar refractivity (Wildman–Crippen MR) is 89.3 cm³/mol. The Kier molecular flexibility index (Phi) is 6.10. The van der Waals surface area contributed by atoms with Crippen LogP contribution in [0.4, 0.5) is 0 Å². The third-order valence-electron chi connectivity index (χ3n) is 1.96. The Balaban J connectivity index is 5.57. The molecule has 0 N–H and O–H groups in total. The molecule has 0 heterocycles. The van der Waals surface area contributed by atoms with Gasteiger partial charge in [-0.3, -0.25) is 0 Å². The molecular formula is C6H18Cl5NSi4. The second-order valence-corrected chi connectivity index (χ2v) is 39.0. The Morgan fingerprint density at radius 3 is 0.938 bits per heavy atom. The highest BCUT2D eigenvalue weighted by Crippen LogP contribution is 2.44. The quantitative estimate of drug-likeness (QED) is 0.474. The lowest BCUT2D eigenvalue weighted by Gasteiger charge is -2.50. The van der Waals surface area contributed by atoms with Gasteiger partial charge >= 0.3 is 11.9 Å². The molecule has 0 aliphatic rings. The smallest absolute Gasteiger partial charge is 0.344 e. The van der Waals surface area contributed by atoms with Crippen LogP contribution in [0.3, 0.4) is 0 Å². The summed E-state index contributed by atoms with van der Waals surface area (Å²) in [4.78, 5) is 0. The molecule has 0 spiro atoms. The highest BCUT2D eigenvalue weighted by Gasteiger charge is 2.62. The summed E-state index contributed by atoms with van der Waals surface area (Å²) in [6.07, 6.45) is -2.97. The van der Waals surface area contributed by atoms with Crippen LogP contribution in [-0.4, -0.2) is 32.3 Å². The minimum absolute atomic E-state index is 1.69. The number of hydrogen-bond acceptors (Lipinski definition) is 1. The first kappa shape index (κ1) is 18.3. The van der Waals surface area contributed by atoms with E-state index in [9.17, 15) is 0 Å². The number of halogens is 5. The van der Waals surface area contributed by atoms with Gasteiger partial charge in [-0.15, -0.1) is 55.4 Å². The van der Waals surface area contributed by atoms with Gasteiger partial charge < -0.3 is 3.90 Å². The predicted octanol–water partition coefficient (Wildman–Crippen LogP) is 5.11. The van der Waals surface area contributed by atoms with Crippen LogP contribution in [0.1, 0.15) is 0 Å². The second-order valence-electron chi connectivity index (χ2n) is 5.72. The van der Waals surface area contributed by atoms with Gasteiger partial charge in [0.25, 0.3) is 0 Å². The lowest BCUT2D eigenvalue weighted by Crippen LogP contribution is -2.73. The molecular weight excluding hydrogens is 376 g/mol. The summed E-state index contributed by atoms with van der Waals surface area (Å²) < 4.78 is 2.26. The highest BCUT2D eigenvalue weighted by molar-refractivity contribution is 8.02. The van der Waals surface area contributed by atoms with Crippen molar-refractivity contribution in [3.05, 3.63) is 0 Å². The van der Waals surface area contributed by atoms with Crippen molar-refractivity contribution in [1.82, 2.24) is 3.90 Å². The molecule has 0 rings (SSSR count). The Morgan fingerprint density at radius 2 is 0.875 bits per heavy atom. The fourth-order valence-electron chi connectivity index (χ4n) is 1.98. The lowest BCUT2D eigenvalue weighted by atomic mass is 11.8. The number of hydrogen-bond donors (Lipinski definition) is 0. The Hall–Kier alpha value is 2.28. The van der Waals surface area contributed by atoms with Gasteiger partial charge in [0, 0.05) is 0 Å². The van der Waals surface area contributed by atoms with Gasteiger partial charge in [0.05, 0.1) is 0 Å². The molecule has 0 unspecified atom stereocenters. The van der Waals surface area contributed by atoms with Gasteiger partial charge in [-0.1, -0.05) is 39.3 Å². The summed E-state index contributed by atoms with van der Waals surface area (Å²) in [6.45, 7) is 13.2. The van der Waals surface area contributed by atoms with E-state index in [0.29, 0.717) is 0 Å². The van der Waals surface area contributed by atoms with Crippen molar-refractivity contribution >= 4 is 83.8 Å². The second kappa shape index (κ2) is 5.34. The van der Waals surface area contributed by atoms with Crippen LogP contribution in [0.25, 0.3) is 0 Å². The molecule has 0 aromatic carbocycles. The molecule has 0 aromatic rings. The maximum atomic E-state index is 6.51. The van der Waals surface area contributed by atoms with Gasteiger partial charge in [-0.25, -0.2) is 0 Å². The SMILES string of the molecule is C[Si](C)(C)N([Si](C)(C)C)[Si](Cl)(Cl)[Si](Cl)(Cl)Cl. The third-order valence-corrected chi connectivity index (χ3v) is 40.4. The minimum atomic E-state index is -3.09. The van der Waals surface area contributed by atoms with E-state index in [1.807, 2.05) is 0 Å². The lowest BCUT2D eigenvalue weighted by molar-refractivity contribution is 0.952. The fourth-order valence-corrected chi connectivity index (χ4v) is 42.1. The van der Waals surface area contributed by atoms with Gasteiger partial charge in [-0.05, 0) is 0 Å². The van der Waals surface area contributed by atoms with Crippen LogP contribution in [0.5, 0.6) is 0 Å². The number of nitrogens with zero attached hydrogens (tertiary/aromatic N) is 1. The van der Waals surface area contributed by atoms with Crippen LogP contribution in [0.15, 0.2) is 0 Å². The number of rotatable bonds is 4. The van der Waals surface area contributed by atoms with E-state index >= 15 is 0 Å². The zero-order valence-corrected chi connectivity index (χ0v) is 18.1. The molecule has 0 bridgehead atoms. The van der Waals surface area contributed by atoms with E-state index in [0.717, 1.165) is 0 Å². The zero-order valence-electron chi connectivity index (χ0n) is 10.3. The molecule has 0 fully saturated rings. The third kappa shape index (κ3) is 4.43. The van der Waals surface area contributed by atoms with Crippen LogP contribution in [0, 0.1) is 0 Å². The van der Waals surface area contributed by atoms with E-state index in [4.69, 9.17) is 55.4 Å². The minimum Gasteiger partial charge on any atom is -0.344 e. The summed E-state index contributed by atoms with van der Waals surface area (Å²) in [7, 11) is -3.39. The van der Waals surface area contributed by atoms with E-state index in [1.54, 1.807) is 0 Å². The largest absolute Gasteiger partial charge is 0.375 e. The van der Waals surface area contributed by atoms with Gasteiger partial charge in [0.15, 0.2) is 0 Å². The van der Waals surface area contributed by atoms with Crippen molar-refractivity contribution in [2.75, 3.05) is 0 Å². The maximum absolute atomic E-state index is 6.51. The van der Waals surface area contributed by atoms with Gasteiger partial charge in [0.1, 0.15) is 16.5 Å². The summed E-state index contributed by atoms with van der Waals surface area (Å²) >= 11 is 31.3. The van der Waals surface area contributed by atoms with Crippen molar-refractivity contribution in [3.8, 4) is 0 Å². The molecule has 0 aromatic heterocycles. The van der Waals surface area contributed by atoms with Crippen molar-refractivity contribution in [2.45, 2.75) is 39.3 Å². The van der Waals surface area contributed by atoms with Crippen molar-refractivity contribution in [2.24, 2.45) is 0 Å². The Labute approximate surface area is 126 Å². The highest BCUT2D eigenvalue weighted by atomic mass is 35.9. The maximum Gasteiger partial charge on any atom is 0.375 e. The van der Waals surface area contributed by atoms with E-state index in [-0.39, 0.29) is 0 Å². The van der Waals surface area contributed by atoms with E-state index in [2.05, 4.69) is 43.2 Å². The summed E-state index contributed by atoms with van der Waals surface area (Å²) in [6, 6.07) is 0. The van der Waals surface area contributed by atoms with Crippen molar-refractivity contribution in [1.29, 1.82) is 0 Å². The van der Waals surface area contributed by atoms with E-state index < -0.39 is 28.4 Å². The molecule has 16 heavy (non-hydrogen) atoms. The molecule has 0 radical (unpaired) electrons. The molecule has 10 heteroatoms. The van der Waals surface area contributed by atoms with Crippen LogP contribution < -0.4 is 0 Å². The molecule has 0 saturated carbocycles. The molecule has 0 aliphatic carbocycles. The zero-order chi connectivity index (χ0) is 13.6. The standard InChI is InChI=1S/C6H18Cl5NSi4/c1-13(2,3)12(14(4,5)6)16(10,11)15(7,8)9/h1-6H3. The Bertz CT molecular complexity index is 239. The molecule has 0 atom stereocenters. The average Bonchev–Trinajstić information content (AvgIpc) is 1.72. The molecule has 0 saturated heterocycles. The summed E-state index contributed by atoms with van der Waals surface area (Å²) in [5.74, 6) is 0. The summed E-state index contributed by atoms with van der Waals surface area (Å²) in [5.41, 5.74) is -3.09. The van der Waals surface area contributed by atoms with Gasteiger partial charge in [0.2, 0.25) is 0 Å². The van der Waals surface area contributed by atoms with Crippen LogP contribution in [0.2, 0.25) is 39.3 Å². The average molecular weight is 394 g/mol. The topological polar surface area (TPSA) is 3.24 Å². The van der Waals surface area contributed by atoms with Crippen LogP contribution >= 0.6 is 55.4 Å². The van der Waals surface area contributed by atoms with Crippen LogP contribution in [-0.2, 0) is 0 Å². The van der Waals surface area contributed by atoms with Crippen molar-refractivity contribution in [3.63, 3.8) is 0 Å². The fraction of sp³-hybridized carbons (Fsp3) is 1.00. The first-order valence-electron chi connectivity index (χ1n) is 4.87. The molecule has 98 valence electrons. The van der Waals surface area contributed by atoms with E-state index in [1.165, 1.54) is 0 Å². The van der Waals surface area contributed by atoms with Crippen molar-refractivity contribution < 1.29 is 0 Å². The first-order chi connectivity index (χ1) is 6.62.